The van der Waals surface area contributed by atoms with Crippen LogP contribution in [0.4, 0.5) is 4.39 Å². The molecule has 1 aromatic carbocycles. The number of nitrogens with zero attached hydrogens (tertiary/aromatic N) is 2. The van der Waals surface area contributed by atoms with Crippen LogP contribution in [0.25, 0.3) is 11.0 Å². The summed E-state index contributed by atoms with van der Waals surface area (Å²) in [6.07, 6.45) is 7.15. The number of hydrogen-bond acceptors (Lipinski definition) is 2. The molecule has 0 amide bonds. The third kappa shape index (κ3) is 2.33. The maximum Gasteiger partial charge on any atom is 0.151 e. The second kappa shape index (κ2) is 5.57. The summed E-state index contributed by atoms with van der Waals surface area (Å²) in [7, 11) is 0. The van der Waals surface area contributed by atoms with E-state index in [0.29, 0.717) is 11.4 Å². The van der Waals surface area contributed by atoms with E-state index in [0.717, 1.165) is 17.9 Å². The minimum Gasteiger partial charge on any atom is -0.325 e. The number of alkyl halides is 1. The largest absolute Gasteiger partial charge is 0.325 e. The molecule has 108 valence electrons. The Morgan fingerprint density at radius 1 is 1.40 bits per heavy atom. The average Bonchev–Trinajstić information content (AvgIpc) is 3.06. The van der Waals surface area contributed by atoms with Crippen molar-refractivity contribution in [3.8, 4) is 0 Å². The normalized spacial score (nSPS) is 17.9. The van der Waals surface area contributed by atoms with Gasteiger partial charge in [0, 0.05) is 11.3 Å². The molecule has 0 atom stereocenters. The van der Waals surface area contributed by atoms with Gasteiger partial charge in [-0.2, -0.15) is 11.8 Å². The van der Waals surface area contributed by atoms with Crippen LogP contribution in [0, 0.1) is 5.82 Å². The molecular weight excluding hydrogens is 295 g/mol. The zero-order valence-electron chi connectivity index (χ0n) is 11.5. The number of halogens is 2. The first-order valence-electron chi connectivity index (χ1n) is 6.94. The molecule has 0 radical (unpaired) electrons. The minimum absolute atomic E-state index is 0.251. The molecule has 2 aromatic rings. The topological polar surface area (TPSA) is 17.8 Å². The maximum atomic E-state index is 13.9. The molecule has 0 aliphatic heterocycles. The van der Waals surface area contributed by atoms with Gasteiger partial charge in [-0.05, 0) is 31.2 Å². The van der Waals surface area contributed by atoms with Crippen LogP contribution in [0.5, 0.6) is 0 Å². The zero-order valence-corrected chi connectivity index (χ0v) is 13.1. The summed E-state index contributed by atoms with van der Waals surface area (Å²) in [5, 5.41) is 0. The number of para-hydroxylation sites is 1. The Hall–Kier alpha value is -0.740. The maximum absolute atomic E-state index is 13.9. The van der Waals surface area contributed by atoms with Gasteiger partial charge in [-0.15, -0.1) is 11.6 Å². The quantitative estimate of drug-likeness (QED) is 0.768. The fourth-order valence-corrected chi connectivity index (χ4v) is 4.33. The van der Waals surface area contributed by atoms with Gasteiger partial charge in [0.15, 0.2) is 5.82 Å². The Kier molecular flexibility index (Phi) is 3.95. The highest BCUT2D eigenvalue weighted by atomic mass is 35.5. The van der Waals surface area contributed by atoms with Crippen LogP contribution < -0.4 is 0 Å². The van der Waals surface area contributed by atoms with Crippen molar-refractivity contribution in [3.05, 3.63) is 29.8 Å². The van der Waals surface area contributed by atoms with Crippen molar-refractivity contribution in [3.63, 3.8) is 0 Å². The lowest BCUT2D eigenvalue weighted by atomic mass is 10.1. The lowest BCUT2D eigenvalue weighted by molar-refractivity contribution is 0.505. The molecule has 5 heteroatoms. The van der Waals surface area contributed by atoms with Crippen molar-refractivity contribution in [2.45, 2.75) is 42.9 Å². The van der Waals surface area contributed by atoms with Gasteiger partial charge in [0.2, 0.25) is 0 Å². The van der Waals surface area contributed by atoms with Crippen LogP contribution >= 0.6 is 23.4 Å². The van der Waals surface area contributed by atoms with E-state index in [1.165, 1.54) is 31.7 Å². The van der Waals surface area contributed by atoms with E-state index in [4.69, 9.17) is 11.6 Å². The molecule has 0 N–H and O–H groups in total. The molecule has 0 spiro atoms. The van der Waals surface area contributed by atoms with Gasteiger partial charge in [0.25, 0.3) is 0 Å². The van der Waals surface area contributed by atoms with E-state index in [-0.39, 0.29) is 10.6 Å². The molecule has 1 aliphatic carbocycles. The Morgan fingerprint density at radius 2 is 2.15 bits per heavy atom. The lowest BCUT2D eigenvalue weighted by Crippen LogP contribution is -2.27. The number of thioether (sulfide) groups is 1. The summed E-state index contributed by atoms with van der Waals surface area (Å²) in [4.78, 5) is 4.38. The van der Waals surface area contributed by atoms with E-state index in [1.807, 2.05) is 17.8 Å². The van der Waals surface area contributed by atoms with Crippen LogP contribution in [0.1, 0.15) is 31.5 Å². The van der Waals surface area contributed by atoms with Crippen molar-refractivity contribution in [1.29, 1.82) is 0 Å². The number of rotatable bonds is 4. The molecule has 3 rings (SSSR count). The molecule has 0 unspecified atom stereocenters. The average molecular weight is 313 g/mol. The molecule has 1 saturated carbocycles. The first-order valence-corrected chi connectivity index (χ1v) is 8.70. The smallest absolute Gasteiger partial charge is 0.151 e. The highest BCUT2D eigenvalue weighted by Crippen LogP contribution is 2.42. The van der Waals surface area contributed by atoms with Crippen molar-refractivity contribution in [1.82, 2.24) is 9.55 Å². The van der Waals surface area contributed by atoms with Gasteiger partial charge in [0.05, 0.1) is 11.4 Å². The highest BCUT2D eigenvalue weighted by molar-refractivity contribution is 8.00. The second-order valence-electron chi connectivity index (χ2n) is 5.45. The van der Waals surface area contributed by atoms with E-state index in [9.17, 15) is 4.39 Å². The first-order chi connectivity index (χ1) is 9.69. The third-order valence-corrected chi connectivity index (χ3v) is 5.96. The predicted molar refractivity (Wildman–Crippen MR) is 84.0 cm³/mol. The second-order valence-corrected chi connectivity index (χ2v) is 6.99. The molecule has 1 fully saturated rings. The number of aromatic nitrogens is 2. The summed E-state index contributed by atoms with van der Waals surface area (Å²) in [5.41, 5.74) is 1.30. The van der Waals surface area contributed by atoms with Crippen LogP contribution in [0.2, 0.25) is 0 Å². The minimum atomic E-state index is -0.266. The number of hydrogen-bond donors (Lipinski definition) is 0. The van der Waals surface area contributed by atoms with E-state index < -0.39 is 0 Å². The summed E-state index contributed by atoms with van der Waals surface area (Å²) in [5.74, 6) is 0.822. The van der Waals surface area contributed by atoms with E-state index in [1.54, 1.807) is 6.07 Å². The van der Waals surface area contributed by atoms with E-state index in [2.05, 4.69) is 15.8 Å². The summed E-state index contributed by atoms with van der Waals surface area (Å²) < 4.78 is 16.3. The highest BCUT2D eigenvalue weighted by Gasteiger charge is 2.34. The Morgan fingerprint density at radius 3 is 2.80 bits per heavy atom. The SMILES string of the molecule is CSC1(Cn2c(CCl)nc3c(F)cccc32)CCCC1. The van der Waals surface area contributed by atoms with Gasteiger partial charge in [-0.3, -0.25) is 0 Å². The third-order valence-electron chi connectivity index (χ3n) is 4.32. The van der Waals surface area contributed by atoms with Crippen LogP contribution in [0.15, 0.2) is 18.2 Å². The fourth-order valence-electron chi connectivity index (χ4n) is 3.17. The molecule has 1 heterocycles. The standard InChI is InChI=1S/C15H18ClFN2S/c1-20-15(7-2-3-8-15)10-19-12-6-4-5-11(17)14(12)18-13(19)9-16/h4-6H,2-3,7-10H2,1H3. The van der Waals surface area contributed by atoms with Gasteiger partial charge in [0.1, 0.15) is 11.3 Å². The van der Waals surface area contributed by atoms with E-state index >= 15 is 0 Å². The number of imidazole rings is 1. The molecular formula is C15H18ClFN2S. The Labute approximate surface area is 127 Å². The molecule has 0 saturated heterocycles. The summed E-state index contributed by atoms with van der Waals surface area (Å²) in [6.45, 7) is 0.871. The molecule has 1 aromatic heterocycles. The summed E-state index contributed by atoms with van der Waals surface area (Å²) in [6, 6.07) is 5.14. The Balaban J connectivity index is 2.08. The zero-order chi connectivity index (χ0) is 14.2. The van der Waals surface area contributed by atoms with Crippen molar-refractivity contribution >= 4 is 34.4 Å². The Bertz CT molecular complexity index is 620. The fraction of sp³-hybridized carbons (Fsp3) is 0.533. The van der Waals surface area contributed by atoms with Gasteiger partial charge in [-0.25, -0.2) is 9.37 Å². The molecule has 2 nitrogen and oxygen atoms in total. The number of benzene rings is 1. The lowest BCUT2D eigenvalue weighted by Gasteiger charge is -2.28. The summed E-state index contributed by atoms with van der Waals surface area (Å²) >= 11 is 7.94. The predicted octanol–water partition coefficient (Wildman–Crippen LogP) is 4.59. The van der Waals surface area contributed by atoms with Crippen LogP contribution in [-0.4, -0.2) is 20.6 Å². The van der Waals surface area contributed by atoms with Crippen LogP contribution in [-0.2, 0) is 12.4 Å². The molecule has 0 bridgehead atoms. The molecule has 1 aliphatic rings. The van der Waals surface area contributed by atoms with Gasteiger partial charge >= 0.3 is 0 Å². The van der Waals surface area contributed by atoms with Crippen molar-refractivity contribution in [2.24, 2.45) is 0 Å². The number of fused-ring (bicyclic) bond motifs is 1. The van der Waals surface area contributed by atoms with Crippen molar-refractivity contribution < 1.29 is 4.39 Å². The van der Waals surface area contributed by atoms with Crippen molar-refractivity contribution in [2.75, 3.05) is 6.26 Å². The van der Waals surface area contributed by atoms with Crippen LogP contribution in [0.3, 0.4) is 0 Å². The monoisotopic (exact) mass is 312 g/mol. The molecule has 20 heavy (non-hydrogen) atoms. The first kappa shape index (κ1) is 14.2. The van der Waals surface area contributed by atoms with Gasteiger partial charge in [-0.1, -0.05) is 18.9 Å². The van der Waals surface area contributed by atoms with Gasteiger partial charge < -0.3 is 4.57 Å².